The second-order valence-electron chi connectivity index (χ2n) is 4.56. The molecule has 2 rings (SSSR count). The van der Waals surface area contributed by atoms with Gasteiger partial charge < -0.3 is 0 Å². The summed E-state index contributed by atoms with van der Waals surface area (Å²) in [6.45, 7) is 3.37. The standard InChI is InChI=1S/C12H14N4O3S2/c1-7-4-8(2)10(21(13,18)19)5-9(7)11(17)16(3)12-15-14-6-20-12/h4-6H,1-3H3,(H2,13,18,19). The van der Waals surface area contributed by atoms with Gasteiger partial charge in [-0.1, -0.05) is 17.4 Å². The number of amides is 1. The van der Waals surface area contributed by atoms with Crippen LogP contribution < -0.4 is 10.0 Å². The Labute approximate surface area is 126 Å². The van der Waals surface area contributed by atoms with Crippen LogP contribution in [0.25, 0.3) is 0 Å². The number of aryl methyl sites for hydroxylation is 2. The molecule has 21 heavy (non-hydrogen) atoms. The second-order valence-corrected chi connectivity index (χ2v) is 6.90. The zero-order valence-electron chi connectivity index (χ0n) is 11.7. The summed E-state index contributed by atoms with van der Waals surface area (Å²) in [6.07, 6.45) is 0. The average molecular weight is 326 g/mol. The second kappa shape index (κ2) is 5.51. The molecule has 0 aliphatic heterocycles. The summed E-state index contributed by atoms with van der Waals surface area (Å²) in [5.74, 6) is -0.367. The van der Waals surface area contributed by atoms with Crippen molar-refractivity contribution in [3.63, 3.8) is 0 Å². The highest BCUT2D eigenvalue weighted by Crippen LogP contribution is 2.23. The van der Waals surface area contributed by atoms with Crippen molar-refractivity contribution >= 4 is 32.4 Å². The molecule has 0 atom stereocenters. The molecule has 0 fully saturated rings. The normalized spacial score (nSPS) is 11.4. The lowest BCUT2D eigenvalue weighted by Crippen LogP contribution is -2.27. The van der Waals surface area contributed by atoms with Gasteiger partial charge in [0.25, 0.3) is 5.91 Å². The SMILES string of the molecule is Cc1cc(C)c(S(N)(=O)=O)cc1C(=O)N(C)c1nncs1. The lowest BCUT2D eigenvalue weighted by atomic mass is 10.0. The molecule has 7 nitrogen and oxygen atoms in total. The fourth-order valence-corrected chi connectivity index (χ4v) is 3.26. The molecule has 2 N–H and O–H groups in total. The lowest BCUT2D eigenvalue weighted by Gasteiger charge is -2.16. The van der Waals surface area contributed by atoms with Gasteiger partial charge in [0.1, 0.15) is 5.51 Å². The molecule has 0 spiro atoms. The van der Waals surface area contributed by atoms with Gasteiger partial charge in [0.2, 0.25) is 15.2 Å². The lowest BCUT2D eigenvalue weighted by molar-refractivity contribution is 0.0992. The summed E-state index contributed by atoms with van der Waals surface area (Å²) >= 11 is 1.21. The predicted molar refractivity (Wildman–Crippen MR) is 79.9 cm³/mol. The number of carbonyl (C=O) groups is 1. The van der Waals surface area contributed by atoms with Crippen LogP contribution in [-0.2, 0) is 10.0 Å². The van der Waals surface area contributed by atoms with Gasteiger partial charge in [-0.2, -0.15) is 0 Å². The number of primary sulfonamides is 1. The van der Waals surface area contributed by atoms with E-state index in [-0.39, 0.29) is 16.4 Å². The van der Waals surface area contributed by atoms with E-state index in [9.17, 15) is 13.2 Å². The Kier molecular flexibility index (Phi) is 4.08. The summed E-state index contributed by atoms with van der Waals surface area (Å²) in [5.41, 5.74) is 2.95. The van der Waals surface area contributed by atoms with Crippen molar-refractivity contribution in [3.8, 4) is 0 Å². The minimum absolute atomic E-state index is 0.0536. The van der Waals surface area contributed by atoms with E-state index < -0.39 is 10.0 Å². The van der Waals surface area contributed by atoms with Gasteiger partial charge in [-0.05, 0) is 31.0 Å². The molecule has 9 heteroatoms. The van der Waals surface area contributed by atoms with E-state index in [0.717, 1.165) is 0 Å². The Morgan fingerprint density at radius 1 is 1.29 bits per heavy atom. The van der Waals surface area contributed by atoms with Crippen LogP contribution in [0.1, 0.15) is 21.5 Å². The zero-order valence-corrected chi connectivity index (χ0v) is 13.3. The summed E-state index contributed by atoms with van der Waals surface area (Å²) in [5, 5.41) is 13.1. The number of aromatic nitrogens is 2. The van der Waals surface area contributed by atoms with Crippen LogP contribution >= 0.6 is 11.3 Å². The van der Waals surface area contributed by atoms with Crippen molar-refractivity contribution < 1.29 is 13.2 Å². The number of nitrogens with zero attached hydrogens (tertiary/aromatic N) is 3. The summed E-state index contributed by atoms with van der Waals surface area (Å²) < 4.78 is 23.1. The number of anilines is 1. The highest BCUT2D eigenvalue weighted by Gasteiger charge is 2.22. The van der Waals surface area contributed by atoms with E-state index in [1.165, 1.54) is 27.8 Å². The van der Waals surface area contributed by atoms with E-state index in [2.05, 4.69) is 10.2 Å². The molecule has 0 bridgehead atoms. The number of hydrogen-bond acceptors (Lipinski definition) is 6. The van der Waals surface area contributed by atoms with Gasteiger partial charge >= 0.3 is 0 Å². The molecular weight excluding hydrogens is 312 g/mol. The molecule has 1 aromatic carbocycles. The Morgan fingerprint density at radius 3 is 2.48 bits per heavy atom. The Hall–Kier alpha value is -1.84. The third-order valence-corrected chi connectivity index (χ3v) is 4.82. The van der Waals surface area contributed by atoms with E-state index >= 15 is 0 Å². The molecule has 0 radical (unpaired) electrons. The Morgan fingerprint density at radius 2 is 1.95 bits per heavy atom. The molecule has 0 saturated carbocycles. The van der Waals surface area contributed by atoms with Crippen molar-refractivity contribution in [1.29, 1.82) is 0 Å². The number of sulfonamides is 1. The highest BCUT2D eigenvalue weighted by atomic mass is 32.2. The maximum absolute atomic E-state index is 12.5. The van der Waals surface area contributed by atoms with Crippen molar-refractivity contribution in [1.82, 2.24) is 10.2 Å². The van der Waals surface area contributed by atoms with E-state index in [4.69, 9.17) is 5.14 Å². The molecule has 0 aliphatic rings. The first-order valence-electron chi connectivity index (χ1n) is 5.90. The van der Waals surface area contributed by atoms with E-state index in [0.29, 0.717) is 16.3 Å². The summed E-state index contributed by atoms with van der Waals surface area (Å²) in [6, 6.07) is 2.93. The molecule has 1 amide bonds. The van der Waals surface area contributed by atoms with Gasteiger partial charge in [-0.25, -0.2) is 13.6 Å². The average Bonchev–Trinajstić information content (AvgIpc) is 2.89. The van der Waals surface area contributed by atoms with E-state index in [1.54, 1.807) is 27.0 Å². The van der Waals surface area contributed by atoms with Crippen molar-refractivity contribution in [2.75, 3.05) is 11.9 Å². The molecule has 1 heterocycles. The number of rotatable bonds is 3. The van der Waals surface area contributed by atoms with Crippen LogP contribution in [0.2, 0.25) is 0 Å². The van der Waals surface area contributed by atoms with Crippen molar-refractivity contribution in [3.05, 3.63) is 34.3 Å². The minimum Gasteiger partial charge on any atom is -0.286 e. The first kappa shape index (κ1) is 15.5. The first-order valence-corrected chi connectivity index (χ1v) is 8.32. The van der Waals surface area contributed by atoms with Gasteiger partial charge in [0.15, 0.2) is 0 Å². The van der Waals surface area contributed by atoms with Crippen LogP contribution in [0.15, 0.2) is 22.5 Å². The van der Waals surface area contributed by atoms with Crippen LogP contribution in [0, 0.1) is 13.8 Å². The van der Waals surface area contributed by atoms with Crippen LogP contribution in [0.4, 0.5) is 5.13 Å². The maximum atomic E-state index is 12.5. The van der Waals surface area contributed by atoms with Crippen LogP contribution in [0.5, 0.6) is 0 Å². The van der Waals surface area contributed by atoms with Gasteiger partial charge in [-0.15, -0.1) is 10.2 Å². The number of benzene rings is 1. The van der Waals surface area contributed by atoms with Gasteiger partial charge in [0, 0.05) is 12.6 Å². The van der Waals surface area contributed by atoms with Crippen LogP contribution in [-0.4, -0.2) is 31.6 Å². The number of nitrogens with two attached hydrogens (primary N) is 1. The minimum atomic E-state index is -3.88. The molecular formula is C12H14N4O3S2. The fraction of sp³-hybridized carbons (Fsp3) is 0.250. The largest absolute Gasteiger partial charge is 0.286 e. The van der Waals surface area contributed by atoms with Gasteiger partial charge in [0.05, 0.1) is 4.90 Å². The number of carbonyl (C=O) groups excluding carboxylic acids is 1. The monoisotopic (exact) mass is 326 g/mol. The van der Waals surface area contributed by atoms with Crippen molar-refractivity contribution in [2.24, 2.45) is 5.14 Å². The zero-order chi connectivity index (χ0) is 15.8. The molecule has 0 aliphatic carbocycles. The molecule has 0 unspecified atom stereocenters. The molecule has 1 aromatic heterocycles. The first-order chi connectivity index (χ1) is 9.71. The number of hydrogen-bond donors (Lipinski definition) is 1. The summed E-state index contributed by atoms with van der Waals surface area (Å²) in [7, 11) is -2.33. The molecule has 112 valence electrons. The summed E-state index contributed by atoms with van der Waals surface area (Å²) in [4.78, 5) is 13.8. The predicted octanol–water partition coefficient (Wildman–Crippen LogP) is 1.08. The quantitative estimate of drug-likeness (QED) is 0.908. The third kappa shape index (κ3) is 3.09. The maximum Gasteiger partial charge on any atom is 0.260 e. The topological polar surface area (TPSA) is 106 Å². The smallest absolute Gasteiger partial charge is 0.260 e. The van der Waals surface area contributed by atoms with E-state index in [1.807, 2.05) is 0 Å². The van der Waals surface area contributed by atoms with Gasteiger partial charge in [-0.3, -0.25) is 9.69 Å². The van der Waals surface area contributed by atoms with Crippen LogP contribution in [0.3, 0.4) is 0 Å². The third-order valence-electron chi connectivity index (χ3n) is 3.00. The Balaban J connectivity index is 2.51. The highest BCUT2D eigenvalue weighted by molar-refractivity contribution is 7.89. The fourth-order valence-electron chi connectivity index (χ4n) is 1.95. The Bertz CT molecular complexity index is 785. The molecule has 0 saturated heterocycles. The van der Waals surface area contributed by atoms with Crippen molar-refractivity contribution in [2.45, 2.75) is 18.7 Å². The molecule has 2 aromatic rings.